The number of halogens is 6. The van der Waals surface area contributed by atoms with Gasteiger partial charge in [-0.2, -0.15) is 26.3 Å². The summed E-state index contributed by atoms with van der Waals surface area (Å²) in [5.41, 5.74) is -0.473. The van der Waals surface area contributed by atoms with Gasteiger partial charge in [-0.15, -0.1) is 0 Å². The third-order valence-electron chi connectivity index (χ3n) is 7.05. The zero-order chi connectivity index (χ0) is 32.2. The van der Waals surface area contributed by atoms with E-state index in [0.717, 1.165) is 45.5 Å². The molecule has 230 valence electrons. The molecule has 2 N–H and O–H groups in total. The van der Waals surface area contributed by atoms with Crippen LogP contribution >= 0.6 is 0 Å². The summed E-state index contributed by atoms with van der Waals surface area (Å²) in [5.74, 6) is -0.843. The van der Waals surface area contributed by atoms with Crippen LogP contribution in [0, 0.1) is 0 Å². The Labute approximate surface area is 254 Å². The molecule has 0 saturated carbocycles. The zero-order valence-corrected chi connectivity index (χ0v) is 23.4. The first-order valence-corrected chi connectivity index (χ1v) is 13.6. The average Bonchev–Trinajstić information content (AvgIpc) is 3.01. The molecule has 0 radical (unpaired) electrons. The van der Waals surface area contributed by atoms with Gasteiger partial charge < -0.3 is 10.6 Å². The average molecular weight is 622 g/mol. The second-order valence-corrected chi connectivity index (χ2v) is 10.2. The summed E-state index contributed by atoms with van der Waals surface area (Å²) in [6.07, 6.45) is -8.97. The number of anilines is 3. The topological polar surface area (TPSA) is 61.4 Å². The highest BCUT2D eigenvalue weighted by Crippen LogP contribution is 2.35. The maximum atomic E-state index is 13.4. The van der Waals surface area contributed by atoms with Crippen molar-refractivity contribution >= 4 is 40.2 Å². The van der Waals surface area contributed by atoms with Gasteiger partial charge >= 0.3 is 12.4 Å². The number of benzene rings is 5. The Morgan fingerprint density at radius 3 is 2.09 bits per heavy atom. The van der Waals surface area contributed by atoms with E-state index in [1.54, 1.807) is 12.1 Å². The second kappa shape index (κ2) is 12.8. The van der Waals surface area contributed by atoms with Crippen molar-refractivity contribution in [2.24, 2.45) is 0 Å². The van der Waals surface area contributed by atoms with E-state index in [4.69, 9.17) is 0 Å². The molecule has 0 aliphatic heterocycles. The van der Waals surface area contributed by atoms with Gasteiger partial charge in [0.2, 0.25) is 6.41 Å². The van der Waals surface area contributed by atoms with E-state index in [1.807, 2.05) is 42.5 Å². The van der Waals surface area contributed by atoms with Crippen molar-refractivity contribution in [3.05, 3.63) is 137 Å². The smallest absolute Gasteiger partial charge is 0.322 e. The van der Waals surface area contributed by atoms with Gasteiger partial charge in [0.25, 0.3) is 5.91 Å². The Balaban J connectivity index is 1.47. The molecule has 0 atom stereocenters. The summed E-state index contributed by atoms with van der Waals surface area (Å²) >= 11 is 0. The monoisotopic (exact) mass is 621 g/mol. The van der Waals surface area contributed by atoms with E-state index >= 15 is 0 Å². The van der Waals surface area contributed by atoms with Crippen LogP contribution < -0.4 is 15.5 Å². The summed E-state index contributed by atoms with van der Waals surface area (Å²) in [4.78, 5) is 26.2. The molecule has 0 saturated heterocycles. The lowest BCUT2D eigenvalue weighted by Crippen LogP contribution is -2.19. The highest BCUT2D eigenvalue weighted by Gasteiger charge is 2.32. The molecule has 0 bridgehead atoms. The van der Waals surface area contributed by atoms with Crippen LogP contribution in [0.3, 0.4) is 0 Å². The number of hydrogen-bond acceptors (Lipinski definition) is 3. The maximum absolute atomic E-state index is 13.4. The molecule has 0 unspecified atom stereocenters. The van der Waals surface area contributed by atoms with Crippen LogP contribution in [0.2, 0.25) is 0 Å². The van der Waals surface area contributed by atoms with Crippen molar-refractivity contribution in [1.82, 2.24) is 5.32 Å². The zero-order valence-electron chi connectivity index (χ0n) is 23.4. The number of fused-ring (bicyclic) bond motifs is 1. The fraction of sp³-hybridized carbons (Fsp3) is 0.118. The van der Waals surface area contributed by atoms with Crippen LogP contribution in [0.15, 0.2) is 109 Å². The van der Waals surface area contributed by atoms with Gasteiger partial charge in [0.1, 0.15) is 0 Å². The fourth-order valence-electron chi connectivity index (χ4n) is 4.92. The molecule has 5 aromatic rings. The van der Waals surface area contributed by atoms with Crippen molar-refractivity contribution in [2.75, 3.05) is 10.2 Å². The first kappa shape index (κ1) is 31.3. The first-order chi connectivity index (χ1) is 21.4. The van der Waals surface area contributed by atoms with Crippen molar-refractivity contribution < 1.29 is 35.9 Å². The minimum absolute atomic E-state index is 0.0733. The van der Waals surface area contributed by atoms with Gasteiger partial charge in [-0.25, -0.2) is 0 Å². The van der Waals surface area contributed by atoms with Crippen molar-refractivity contribution in [2.45, 2.75) is 25.4 Å². The Morgan fingerprint density at radius 2 is 1.36 bits per heavy atom. The highest BCUT2D eigenvalue weighted by atomic mass is 19.4. The van der Waals surface area contributed by atoms with Gasteiger partial charge in [-0.3, -0.25) is 14.5 Å². The molecule has 11 heteroatoms. The molecule has 0 aliphatic carbocycles. The molecule has 5 aromatic carbocycles. The molecule has 0 aliphatic rings. The quantitative estimate of drug-likeness (QED) is 0.128. The summed E-state index contributed by atoms with van der Waals surface area (Å²) < 4.78 is 80.0. The number of amides is 2. The van der Waals surface area contributed by atoms with Crippen LogP contribution in [0.1, 0.15) is 32.6 Å². The minimum Gasteiger partial charge on any atom is -0.322 e. The van der Waals surface area contributed by atoms with Crippen molar-refractivity contribution in [3.8, 4) is 0 Å². The maximum Gasteiger partial charge on any atom is 0.416 e. The number of hydrogen-bond donors (Lipinski definition) is 2. The largest absolute Gasteiger partial charge is 0.416 e. The highest BCUT2D eigenvalue weighted by molar-refractivity contribution is 6.05. The van der Waals surface area contributed by atoms with Gasteiger partial charge in [0, 0.05) is 30.0 Å². The van der Waals surface area contributed by atoms with Crippen molar-refractivity contribution in [1.29, 1.82) is 0 Å². The summed E-state index contributed by atoms with van der Waals surface area (Å²) in [7, 11) is 0. The van der Waals surface area contributed by atoms with Crippen LogP contribution in [0.5, 0.6) is 0 Å². The number of nitrogens with zero attached hydrogens (tertiary/aromatic N) is 1. The molecular weight excluding hydrogens is 596 g/mol. The minimum atomic E-state index is -4.66. The van der Waals surface area contributed by atoms with E-state index in [2.05, 4.69) is 10.6 Å². The molecular formula is C34H25F6N3O2. The lowest BCUT2D eigenvalue weighted by molar-refractivity contribution is -0.138. The van der Waals surface area contributed by atoms with Gasteiger partial charge in [0.05, 0.1) is 16.8 Å². The SMILES string of the molecule is O=CN(c1cc(CNCc2cccc3ccccc23)cc(NC(=O)c2cccc(C(F)(F)F)c2)c1)c1cccc(C(F)(F)F)c1. The molecule has 5 nitrogen and oxygen atoms in total. The van der Waals surface area contributed by atoms with Crippen LogP contribution in [0.4, 0.5) is 43.4 Å². The Hall–Kier alpha value is -5.16. The second-order valence-electron chi connectivity index (χ2n) is 10.2. The lowest BCUT2D eigenvalue weighted by Gasteiger charge is -2.21. The molecule has 0 heterocycles. The first-order valence-electron chi connectivity index (χ1n) is 13.6. The summed E-state index contributed by atoms with van der Waals surface area (Å²) in [6, 6.07) is 26.3. The van der Waals surface area contributed by atoms with E-state index < -0.39 is 29.4 Å². The lowest BCUT2D eigenvalue weighted by atomic mass is 10.0. The Bertz CT molecular complexity index is 1850. The standard InChI is InChI=1S/C34H25F6N3O2/c35-33(36,37)26-10-4-8-24(16-26)32(45)42-28-14-22(19-41-20-25-9-3-7-23-6-1-2-13-31(23)25)15-30(18-28)43(21-44)29-12-5-11-27(17-29)34(38,39)40/h1-18,21,41H,19-20H2,(H,42,45). The molecule has 0 aromatic heterocycles. The van der Waals surface area contributed by atoms with E-state index in [-0.39, 0.29) is 29.2 Å². The Kier molecular flexibility index (Phi) is 8.92. The van der Waals surface area contributed by atoms with Gasteiger partial charge in [-0.1, -0.05) is 54.6 Å². The Morgan fingerprint density at radius 1 is 0.689 bits per heavy atom. The molecule has 0 spiro atoms. The van der Waals surface area contributed by atoms with E-state index in [0.29, 0.717) is 24.6 Å². The van der Waals surface area contributed by atoms with Crippen LogP contribution in [0.25, 0.3) is 10.8 Å². The molecule has 5 rings (SSSR count). The predicted molar refractivity (Wildman–Crippen MR) is 160 cm³/mol. The number of rotatable bonds is 9. The van der Waals surface area contributed by atoms with Gasteiger partial charge in [0.15, 0.2) is 0 Å². The number of carbonyl (C=O) groups excluding carboxylic acids is 2. The molecule has 45 heavy (non-hydrogen) atoms. The number of alkyl halides is 6. The van der Waals surface area contributed by atoms with E-state index in [1.165, 1.54) is 24.3 Å². The van der Waals surface area contributed by atoms with Crippen LogP contribution in [-0.4, -0.2) is 12.3 Å². The van der Waals surface area contributed by atoms with Crippen molar-refractivity contribution in [3.63, 3.8) is 0 Å². The number of nitrogens with one attached hydrogen (secondary N) is 2. The fourth-order valence-corrected chi connectivity index (χ4v) is 4.92. The van der Waals surface area contributed by atoms with E-state index in [9.17, 15) is 35.9 Å². The third kappa shape index (κ3) is 7.50. The normalized spacial score (nSPS) is 11.8. The number of carbonyl (C=O) groups is 2. The molecule has 2 amide bonds. The predicted octanol–water partition coefficient (Wildman–Crippen LogP) is 8.71. The van der Waals surface area contributed by atoms with Crippen LogP contribution in [-0.2, 0) is 30.2 Å². The summed E-state index contributed by atoms with van der Waals surface area (Å²) in [6.45, 7) is 0.668. The van der Waals surface area contributed by atoms with Gasteiger partial charge in [-0.05, 0) is 76.5 Å². The molecule has 0 fully saturated rings. The third-order valence-corrected chi connectivity index (χ3v) is 7.05. The summed E-state index contributed by atoms with van der Waals surface area (Å²) in [5, 5.41) is 7.97.